The molecule has 3 N–H and O–H groups in total. The van der Waals surface area contributed by atoms with Crippen LogP contribution in [-0.4, -0.2) is 24.7 Å². The molecule has 0 radical (unpaired) electrons. The number of rotatable bonds is 7. The average molecular weight is 223 g/mol. The van der Waals surface area contributed by atoms with E-state index in [1.807, 2.05) is 19.2 Å². The second-order valence-electron chi connectivity index (χ2n) is 3.84. The number of aryl methyl sites for hydroxylation is 1. The van der Waals surface area contributed by atoms with Crippen molar-refractivity contribution in [2.45, 2.75) is 26.7 Å². The van der Waals surface area contributed by atoms with E-state index < -0.39 is 0 Å². The summed E-state index contributed by atoms with van der Waals surface area (Å²) < 4.78 is 5.38. The number of pyridine rings is 1. The molecule has 0 spiro atoms. The zero-order valence-corrected chi connectivity index (χ0v) is 10.1. The number of ether oxygens (including phenoxy) is 1. The van der Waals surface area contributed by atoms with Crippen molar-refractivity contribution >= 4 is 11.5 Å². The monoisotopic (exact) mass is 223 g/mol. The number of nitrogens with two attached hydrogens (primary N) is 1. The van der Waals surface area contributed by atoms with Crippen molar-refractivity contribution in [3.05, 3.63) is 17.8 Å². The van der Waals surface area contributed by atoms with E-state index in [9.17, 15) is 0 Å². The van der Waals surface area contributed by atoms with E-state index in [2.05, 4.69) is 17.2 Å². The van der Waals surface area contributed by atoms with Gasteiger partial charge in [0.25, 0.3) is 0 Å². The fourth-order valence-electron chi connectivity index (χ4n) is 1.37. The summed E-state index contributed by atoms with van der Waals surface area (Å²) in [7, 11) is 0. The summed E-state index contributed by atoms with van der Waals surface area (Å²) >= 11 is 0. The number of anilines is 2. The van der Waals surface area contributed by atoms with Crippen molar-refractivity contribution in [2.24, 2.45) is 0 Å². The van der Waals surface area contributed by atoms with Gasteiger partial charge in [-0.1, -0.05) is 6.92 Å². The maximum atomic E-state index is 5.83. The second kappa shape index (κ2) is 7.06. The molecule has 0 saturated carbocycles. The van der Waals surface area contributed by atoms with E-state index in [1.54, 1.807) is 0 Å². The number of hydrogen-bond donors (Lipinski definition) is 2. The van der Waals surface area contributed by atoms with Gasteiger partial charge in [-0.2, -0.15) is 0 Å². The van der Waals surface area contributed by atoms with Crippen molar-refractivity contribution in [1.29, 1.82) is 0 Å². The highest BCUT2D eigenvalue weighted by atomic mass is 16.5. The normalized spacial score (nSPS) is 10.4. The van der Waals surface area contributed by atoms with Gasteiger partial charge in [-0.05, 0) is 31.4 Å². The molecule has 0 saturated heterocycles. The summed E-state index contributed by atoms with van der Waals surface area (Å²) in [5.41, 5.74) is 7.61. The fourth-order valence-corrected chi connectivity index (χ4v) is 1.37. The largest absolute Gasteiger partial charge is 0.396 e. The maximum absolute atomic E-state index is 5.83. The summed E-state index contributed by atoms with van der Waals surface area (Å²) in [4.78, 5) is 4.23. The molecule has 0 unspecified atom stereocenters. The summed E-state index contributed by atoms with van der Waals surface area (Å²) in [5, 5.41) is 3.20. The molecule has 0 bridgehead atoms. The zero-order valence-electron chi connectivity index (χ0n) is 10.1. The molecule has 16 heavy (non-hydrogen) atoms. The Morgan fingerprint density at radius 1 is 1.44 bits per heavy atom. The van der Waals surface area contributed by atoms with Crippen molar-refractivity contribution in [3.8, 4) is 0 Å². The van der Waals surface area contributed by atoms with Crippen molar-refractivity contribution < 1.29 is 4.74 Å². The second-order valence-corrected chi connectivity index (χ2v) is 3.84. The third kappa shape index (κ3) is 4.49. The fraction of sp³-hybridized carbons (Fsp3) is 0.583. The van der Waals surface area contributed by atoms with Crippen LogP contribution in [0.4, 0.5) is 11.5 Å². The van der Waals surface area contributed by atoms with Gasteiger partial charge in [-0.25, -0.2) is 4.98 Å². The molecule has 0 aliphatic carbocycles. The first-order valence-corrected chi connectivity index (χ1v) is 5.77. The number of nitrogens with one attached hydrogen (secondary N) is 1. The van der Waals surface area contributed by atoms with Crippen LogP contribution in [0.1, 0.15) is 25.3 Å². The van der Waals surface area contributed by atoms with Gasteiger partial charge in [0.2, 0.25) is 0 Å². The smallest absolute Gasteiger partial charge is 0.149 e. The Labute approximate surface area is 97.2 Å². The molecule has 0 aromatic carbocycles. The first-order chi connectivity index (χ1) is 7.74. The Balaban J connectivity index is 2.21. The van der Waals surface area contributed by atoms with E-state index in [-0.39, 0.29) is 0 Å². The van der Waals surface area contributed by atoms with Crippen LogP contribution in [0.2, 0.25) is 0 Å². The zero-order chi connectivity index (χ0) is 11.8. The molecule has 4 heteroatoms. The summed E-state index contributed by atoms with van der Waals surface area (Å²) in [6.07, 6.45) is 3.85. The molecule has 1 aromatic heterocycles. The lowest BCUT2D eigenvalue weighted by Gasteiger charge is -2.08. The molecule has 4 nitrogen and oxygen atoms in total. The van der Waals surface area contributed by atoms with Gasteiger partial charge in [0, 0.05) is 26.0 Å². The Hall–Kier alpha value is -1.29. The van der Waals surface area contributed by atoms with Crippen LogP contribution in [0.3, 0.4) is 0 Å². The first kappa shape index (κ1) is 12.8. The number of nitrogen functional groups attached to an aromatic ring is 1. The predicted molar refractivity (Wildman–Crippen MR) is 67.6 cm³/mol. The average Bonchev–Trinajstić information content (AvgIpc) is 2.26. The third-order valence-electron chi connectivity index (χ3n) is 2.16. The summed E-state index contributed by atoms with van der Waals surface area (Å²) in [6.45, 7) is 6.54. The van der Waals surface area contributed by atoms with Gasteiger partial charge in [0.1, 0.15) is 5.82 Å². The van der Waals surface area contributed by atoms with Crippen LogP contribution in [-0.2, 0) is 4.74 Å². The highest BCUT2D eigenvalue weighted by molar-refractivity contribution is 5.61. The minimum absolute atomic E-state index is 0.703. The molecule has 0 aliphatic heterocycles. The topological polar surface area (TPSA) is 60.2 Å². The van der Waals surface area contributed by atoms with Crippen molar-refractivity contribution in [2.75, 3.05) is 30.8 Å². The minimum Gasteiger partial charge on any atom is -0.396 e. The van der Waals surface area contributed by atoms with Crippen LogP contribution in [0.25, 0.3) is 0 Å². The van der Waals surface area contributed by atoms with Crippen LogP contribution >= 0.6 is 0 Å². The molecule has 1 rings (SSSR count). The quantitative estimate of drug-likeness (QED) is 0.696. The highest BCUT2D eigenvalue weighted by Gasteiger charge is 1.99. The van der Waals surface area contributed by atoms with Gasteiger partial charge >= 0.3 is 0 Å². The lowest BCUT2D eigenvalue weighted by Crippen LogP contribution is -2.09. The molecule has 0 amide bonds. The first-order valence-electron chi connectivity index (χ1n) is 5.77. The molecular weight excluding hydrogens is 202 g/mol. The number of aromatic nitrogens is 1. The Bertz CT molecular complexity index is 315. The molecule has 1 aromatic rings. The molecule has 0 aliphatic rings. The molecule has 1 heterocycles. The Morgan fingerprint density at radius 2 is 2.25 bits per heavy atom. The third-order valence-corrected chi connectivity index (χ3v) is 2.16. The van der Waals surface area contributed by atoms with Gasteiger partial charge < -0.3 is 15.8 Å². The molecule has 90 valence electrons. The van der Waals surface area contributed by atoms with E-state index in [0.717, 1.165) is 44.0 Å². The van der Waals surface area contributed by atoms with Crippen LogP contribution in [0, 0.1) is 6.92 Å². The van der Waals surface area contributed by atoms with Gasteiger partial charge in [0.05, 0.1) is 5.69 Å². The number of nitrogens with zero attached hydrogens (tertiary/aromatic N) is 1. The van der Waals surface area contributed by atoms with Crippen LogP contribution in [0.15, 0.2) is 12.3 Å². The molecule has 0 atom stereocenters. The van der Waals surface area contributed by atoms with Gasteiger partial charge in [-0.15, -0.1) is 0 Å². The van der Waals surface area contributed by atoms with Crippen LogP contribution < -0.4 is 11.1 Å². The minimum atomic E-state index is 0.703. The summed E-state index contributed by atoms with van der Waals surface area (Å²) in [6, 6.07) is 1.92. The van der Waals surface area contributed by atoms with Crippen molar-refractivity contribution in [3.63, 3.8) is 0 Å². The van der Waals surface area contributed by atoms with Crippen molar-refractivity contribution in [1.82, 2.24) is 4.98 Å². The van der Waals surface area contributed by atoms with E-state index >= 15 is 0 Å². The lowest BCUT2D eigenvalue weighted by molar-refractivity contribution is 0.134. The van der Waals surface area contributed by atoms with Gasteiger partial charge in [0.15, 0.2) is 0 Å². The maximum Gasteiger partial charge on any atom is 0.149 e. The number of hydrogen-bond acceptors (Lipinski definition) is 4. The predicted octanol–water partition coefficient (Wildman–Crippen LogP) is 2.20. The summed E-state index contributed by atoms with van der Waals surface area (Å²) in [5.74, 6) is 0.765. The molecular formula is C12H21N3O. The highest BCUT2D eigenvalue weighted by Crippen LogP contribution is 2.15. The van der Waals surface area contributed by atoms with E-state index in [0.29, 0.717) is 5.69 Å². The Kier molecular flexibility index (Phi) is 5.64. The standard InChI is InChI=1S/C12H21N3O/c1-3-6-16-7-4-5-14-12-11(13)8-10(2)9-15-12/h8-9H,3-7,13H2,1-2H3,(H,14,15). The van der Waals surface area contributed by atoms with E-state index in [4.69, 9.17) is 10.5 Å². The van der Waals surface area contributed by atoms with Gasteiger partial charge in [-0.3, -0.25) is 0 Å². The molecule has 0 fully saturated rings. The van der Waals surface area contributed by atoms with E-state index in [1.165, 1.54) is 0 Å². The lowest BCUT2D eigenvalue weighted by atomic mass is 10.3. The SMILES string of the molecule is CCCOCCCNc1ncc(C)cc1N. The van der Waals surface area contributed by atoms with Crippen LogP contribution in [0.5, 0.6) is 0 Å². The Morgan fingerprint density at radius 3 is 2.94 bits per heavy atom.